The van der Waals surface area contributed by atoms with Crippen molar-refractivity contribution < 1.29 is 8.78 Å². The topological polar surface area (TPSA) is 12.9 Å². The van der Waals surface area contributed by atoms with Crippen LogP contribution in [-0.2, 0) is 0 Å². The first kappa shape index (κ1) is 10.3. The van der Waals surface area contributed by atoms with Crippen molar-refractivity contribution in [3.8, 4) is 0 Å². The largest absolute Gasteiger partial charge is 0.266 e. The number of halogens is 4. The summed E-state index contributed by atoms with van der Waals surface area (Å²) in [5.74, 6) is 0. The molecule has 5 heteroatoms. The van der Waals surface area contributed by atoms with Gasteiger partial charge >= 0.3 is 0 Å². The molecule has 66 valence electrons. The molecule has 0 amide bonds. The van der Waals surface area contributed by atoms with Crippen LogP contribution >= 0.6 is 38.5 Å². The zero-order chi connectivity index (χ0) is 9.30. The highest BCUT2D eigenvalue weighted by molar-refractivity contribution is 14.1. The molecular weight excluding hydrogens is 343 g/mol. The molecule has 0 fully saturated rings. The molecule has 1 nitrogen and oxygen atoms in total. The fourth-order valence-electron chi connectivity index (χ4n) is 0.739. The van der Waals surface area contributed by atoms with Crippen molar-refractivity contribution in [1.29, 1.82) is 0 Å². The summed E-state index contributed by atoms with van der Waals surface area (Å²) in [6, 6.07) is 0. The van der Waals surface area contributed by atoms with Crippen molar-refractivity contribution in [3.05, 3.63) is 25.5 Å². The van der Waals surface area contributed by atoms with Crippen molar-refractivity contribution in [2.45, 2.75) is 13.3 Å². The molecule has 1 rings (SSSR count). The van der Waals surface area contributed by atoms with Gasteiger partial charge in [0.25, 0.3) is 6.43 Å². The summed E-state index contributed by atoms with van der Waals surface area (Å²) < 4.78 is 25.8. The molecule has 0 saturated carbocycles. The van der Waals surface area contributed by atoms with Crippen molar-refractivity contribution >= 4 is 38.5 Å². The number of aromatic nitrogens is 1. The molecule has 0 aliphatic rings. The minimum Gasteiger partial charge on any atom is -0.249 e. The van der Waals surface area contributed by atoms with Crippen LogP contribution < -0.4 is 0 Å². The van der Waals surface area contributed by atoms with Gasteiger partial charge in [0.1, 0.15) is 4.60 Å². The van der Waals surface area contributed by atoms with Crippen LogP contribution in [0.2, 0.25) is 0 Å². The summed E-state index contributed by atoms with van der Waals surface area (Å²) in [4.78, 5) is 3.79. The van der Waals surface area contributed by atoms with Crippen LogP contribution in [-0.4, -0.2) is 4.98 Å². The maximum atomic E-state index is 12.3. The smallest absolute Gasteiger partial charge is 0.249 e. The van der Waals surface area contributed by atoms with E-state index in [0.29, 0.717) is 8.17 Å². The van der Waals surface area contributed by atoms with Crippen LogP contribution in [0.5, 0.6) is 0 Å². The van der Waals surface area contributed by atoms with Gasteiger partial charge in [-0.1, -0.05) is 0 Å². The maximum absolute atomic E-state index is 12.3. The average Bonchev–Trinajstić information content (AvgIpc) is 2.00. The third kappa shape index (κ3) is 1.93. The van der Waals surface area contributed by atoms with E-state index in [0.717, 1.165) is 5.56 Å². The zero-order valence-electron chi connectivity index (χ0n) is 6.11. The summed E-state index contributed by atoms with van der Waals surface area (Å²) in [7, 11) is 0. The maximum Gasteiger partial charge on any atom is 0.266 e. The van der Waals surface area contributed by atoms with Crippen molar-refractivity contribution in [3.63, 3.8) is 0 Å². The van der Waals surface area contributed by atoms with Crippen LogP contribution in [0, 0.1) is 10.5 Å². The molecule has 12 heavy (non-hydrogen) atoms. The second-order valence-electron chi connectivity index (χ2n) is 2.24. The Bertz CT molecular complexity index is 304. The Morgan fingerprint density at radius 1 is 1.58 bits per heavy atom. The zero-order valence-corrected chi connectivity index (χ0v) is 9.86. The first-order valence-corrected chi connectivity index (χ1v) is 5.00. The minimum atomic E-state index is -2.45. The first-order chi connectivity index (χ1) is 5.54. The molecule has 0 aromatic carbocycles. The minimum absolute atomic E-state index is 0.00343. The molecule has 0 bridgehead atoms. The second-order valence-corrected chi connectivity index (χ2v) is 4.07. The quantitative estimate of drug-likeness (QED) is 0.557. The summed E-state index contributed by atoms with van der Waals surface area (Å²) in [5.41, 5.74) is 0.754. The Morgan fingerprint density at radius 3 is 2.67 bits per heavy atom. The van der Waals surface area contributed by atoms with Crippen LogP contribution in [0.15, 0.2) is 10.8 Å². The lowest BCUT2D eigenvalue weighted by atomic mass is 10.2. The van der Waals surface area contributed by atoms with Crippen LogP contribution in [0.1, 0.15) is 17.6 Å². The van der Waals surface area contributed by atoms with Gasteiger partial charge in [-0.2, -0.15) is 0 Å². The van der Waals surface area contributed by atoms with Gasteiger partial charge in [-0.05, 0) is 51.0 Å². The van der Waals surface area contributed by atoms with Gasteiger partial charge in [-0.15, -0.1) is 0 Å². The van der Waals surface area contributed by atoms with Crippen LogP contribution in [0.3, 0.4) is 0 Å². The Kier molecular flexibility index (Phi) is 3.39. The van der Waals surface area contributed by atoms with Gasteiger partial charge in [0.2, 0.25) is 0 Å². The molecule has 0 radical (unpaired) electrons. The van der Waals surface area contributed by atoms with E-state index < -0.39 is 6.43 Å². The van der Waals surface area contributed by atoms with Crippen LogP contribution in [0.4, 0.5) is 8.78 Å². The van der Waals surface area contributed by atoms with Gasteiger partial charge in [0, 0.05) is 15.3 Å². The molecule has 1 aromatic rings. The monoisotopic (exact) mass is 347 g/mol. The van der Waals surface area contributed by atoms with E-state index in [4.69, 9.17) is 0 Å². The van der Waals surface area contributed by atoms with Crippen LogP contribution in [0.25, 0.3) is 0 Å². The summed E-state index contributed by atoms with van der Waals surface area (Å²) in [6.07, 6.45) is -1.25. The Hall–Kier alpha value is 0.220. The van der Waals surface area contributed by atoms with Gasteiger partial charge in [0.05, 0.1) is 0 Å². The summed E-state index contributed by atoms with van der Waals surface area (Å²) in [5, 5.41) is 0. The standard InChI is InChI=1S/C7H5BrF2IN/c1-3-5(11)4(7(9)10)2-12-6(3)8/h2,7H,1H3. The lowest BCUT2D eigenvalue weighted by Gasteiger charge is -2.06. The van der Waals surface area contributed by atoms with Gasteiger partial charge in [-0.3, -0.25) is 0 Å². The van der Waals surface area contributed by atoms with Gasteiger partial charge in [0.15, 0.2) is 0 Å². The van der Waals surface area contributed by atoms with E-state index in [2.05, 4.69) is 20.9 Å². The van der Waals surface area contributed by atoms with Crippen molar-refractivity contribution in [1.82, 2.24) is 4.98 Å². The Labute approximate surface area is 90.8 Å². The first-order valence-electron chi connectivity index (χ1n) is 3.12. The highest BCUT2D eigenvalue weighted by Crippen LogP contribution is 2.28. The summed E-state index contributed by atoms with van der Waals surface area (Å²) in [6.45, 7) is 1.75. The Balaban J connectivity index is 3.27. The van der Waals surface area contributed by atoms with Gasteiger partial charge in [-0.25, -0.2) is 13.8 Å². The third-order valence-corrected chi connectivity index (χ3v) is 3.68. The normalized spacial score (nSPS) is 10.8. The highest BCUT2D eigenvalue weighted by Gasteiger charge is 2.14. The fourth-order valence-corrected chi connectivity index (χ4v) is 2.04. The molecule has 0 spiro atoms. The van der Waals surface area contributed by atoms with E-state index in [1.165, 1.54) is 6.20 Å². The van der Waals surface area contributed by atoms with E-state index in [1.54, 1.807) is 6.92 Å². The van der Waals surface area contributed by atoms with Crippen molar-refractivity contribution in [2.24, 2.45) is 0 Å². The summed E-state index contributed by atoms with van der Waals surface area (Å²) >= 11 is 5.06. The fraction of sp³-hybridized carbons (Fsp3) is 0.286. The number of pyridine rings is 1. The van der Waals surface area contributed by atoms with Gasteiger partial charge < -0.3 is 0 Å². The lowest BCUT2D eigenvalue weighted by Crippen LogP contribution is -1.95. The van der Waals surface area contributed by atoms with E-state index in [1.807, 2.05) is 22.6 Å². The molecule has 0 N–H and O–H groups in total. The average molecular weight is 348 g/mol. The SMILES string of the molecule is Cc1c(Br)ncc(C(F)F)c1I. The molecule has 1 aromatic heterocycles. The molecular formula is C7H5BrF2IN. The number of nitrogens with zero attached hydrogens (tertiary/aromatic N) is 1. The second kappa shape index (κ2) is 3.95. The molecule has 1 heterocycles. The molecule has 0 aliphatic heterocycles. The number of hydrogen-bond acceptors (Lipinski definition) is 1. The molecule has 0 aliphatic carbocycles. The number of alkyl halides is 2. The van der Waals surface area contributed by atoms with E-state index in [9.17, 15) is 8.78 Å². The molecule has 0 saturated heterocycles. The predicted molar refractivity (Wildman–Crippen MR) is 54.3 cm³/mol. The molecule has 0 atom stereocenters. The number of rotatable bonds is 1. The third-order valence-electron chi connectivity index (χ3n) is 1.44. The predicted octanol–water partition coefficient (Wildman–Crippen LogP) is 3.69. The lowest BCUT2D eigenvalue weighted by molar-refractivity contribution is 0.150. The Morgan fingerprint density at radius 2 is 2.17 bits per heavy atom. The van der Waals surface area contributed by atoms with Crippen molar-refractivity contribution in [2.75, 3.05) is 0 Å². The number of hydrogen-bond donors (Lipinski definition) is 0. The van der Waals surface area contributed by atoms with E-state index in [-0.39, 0.29) is 5.56 Å². The molecule has 0 unspecified atom stereocenters. The highest BCUT2D eigenvalue weighted by atomic mass is 127. The van der Waals surface area contributed by atoms with E-state index >= 15 is 0 Å².